The molecule has 42 heavy (non-hydrogen) atoms. The summed E-state index contributed by atoms with van der Waals surface area (Å²) in [6, 6.07) is 0. The Morgan fingerprint density at radius 1 is 0.786 bits per heavy atom. The van der Waals surface area contributed by atoms with Crippen molar-refractivity contribution < 1.29 is 59.5 Å². The van der Waals surface area contributed by atoms with Gasteiger partial charge in [0.25, 0.3) is 0 Å². The van der Waals surface area contributed by atoms with Crippen molar-refractivity contribution in [1.29, 1.82) is 0 Å². The molecular weight excluding hydrogens is 552 g/mol. The number of aliphatic hydroxyl groups is 7. The standard InChI is InChI=1S/C30H50O12/c1-2-3-4-5-6-7-8-9-10-11-12-13-14-15-16-17-23(33)39-19-22-24(34)26(36)27(37)29(40-22)42-30(20-32)28(38)25(35)21(18-31)41-30/h3-4,6-7,9-10,21-22,24-29,31-32,34-38H,2,5,8,11-20H2,1H3/b4-3-,7-6-,10-9-/t21-,22-,24-,25-,26+,27-,28+,29-,30+/m1/s1. The van der Waals surface area contributed by atoms with Crippen LogP contribution in [0.3, 0.4) is 0 Å². The summed E-state index contributed by atoms with van der Waals surface area (Å²) >= 11 is 0. The smallest absolute Gasteiger partial charge is 0.305 e. The largest absolute Gasteiger partial charge is 0.463 e. The molecule has 0 bridgehead atoms. The minimum absolute atomic E-state index is 0.168. The van der Waals surface area contributed by atoms with E-state index < -0.39 is 80.6 Å². The summed E-state index contributed by atoms with van der Waals surface area (Å²) in [5.41, 5.74) is 0. The Morgan fingerprint density at radius 2 is 1.43 bits per heavy atom. The molecule has 0 amide bonds. The Labute approximate surface area is 247 Å². The van der Waals surface area contributed by atoms with Crippen molar-refractivity contribution in [2.24, 2.45) is 0 Å². The molecule has 0 unspecified atom stereocenters. The summed E-state index contributed by atoms with van der Waals surface area (Å²) in [6.07, 6.45) is 8.82. The maximum atomic E-state index is 12.2. The van der Waals surface area contributed by atoms with Crippen LogP contribution in [0.4, 0.5) is 0 Å². The van der Waals surface area contributed by atoms with Crippen molar-refractivity contribution in [2.75, 3.05) is 19.8 Å². The fraction of sp³-hybridized carbons (Fsp3) is 0.767. The Morgan fingerprint density at radius 3 is 2.07 bits per heavy atom. The highest BCUT2D eigenvalue weighted by Gasteiger charge is 2.58. The maximum Gasteiger partial charge on any atom is 0.305 e. The third kappa shape index (κ3) is 11.1. The van der Waals surface area contributed by atoms with Gasteiger partial charge in [0.2, 0.25) is 5.79 Å². The first kappa shape index (κ1) is 36.5. The van der Waals surface area contributed by atoms with Crippen molar-refractivity contribution in [3.8, 4) is 0 Å². The topological polar surface area (TPSA) is 196 Å². The van der Waals surface area contributed by atoms with E-state index in [0.29, 0.717) is 6.42 Å². The Hall–Kier alpha value is -1.71. The number of allylic oxidation sites excluding steroid dienone is 6. The number of carbonyl (C=O) groups is 1. The predicted molar refractivity (Wildman–Crippen MR) is 152 cm³/mol. The van der Waals surface area contributed by atoms with Crippen LogP contribution in [-0.4, -0.2) is 116 Å². The van der Waals surface area contributed by atoms with E-state index >= 15 is 0 Å². The first-order chi connectivity index (χ1) is 20.2. The number of aliphatic hydroxyl groups excluding tert-OH is 7. The van der Waals surface area contributed by atoms with E-state index in [4.69, 9.17) is 18.9 Å². The minimum Gasteiger partial charge on any atom is -0.463 e. The van der Waals surface area contributed by atoms with Crippen molar-refractivity contribution in [1.82, 2.24) is 0 Å². The number of unbranched alkanes of at least 4 members (excludes halogenated alkanes) is 5. The molecule has 12 nitrogen and oxygen atoms in total. The van der Waals surface area contributed by atoms with E-state index in [2.05, 4.69) is 43.4 Å². The number of carbonyl (C=O) groups excluding carboxylic acids is 1. The van der Waals surface area contributed by atoms with Crippen LogP contribution in [0.5, 0.6) is 0 Å². The second-order valence-corrected chi connectivity index (χ2v) is 10.7. The lowest BCUT2D eigenvalue weighted by atomic mass is 9.99. The van der Waals surface area contributed by atoms with Crippen molar-refractivity contribution in [3.05, 3.63) is 36.5 Å². The van der Waals surface area contributed by atoms with E-state index in [0.717, 1.165) is 51.4 Å². The summed E-state index contributed by atoms with van der Waals surface area (Å²) in [7, 11) is 0. The molecule has 12 heteroatoms. The summed E-state index contributed by atoms with van der Waals surface area (Å²) in [4.78, 5) is 12.2. The van der Waals surface area contributed by atoms with E-state index in [1.807, 2.05) is 0 Å². The van der Waals surface area contributed by atoms with Gasteiger partial charge in [-0.1, -0.05) is 62.6 Å². The lowest BCUT2D eigenvalue weighted by Gasteiger charge is -2.43. The Balaban J connectivity index is 1.66. The maximum absolute atomic E-state index is 12.2. The Bertz CT molecular complexity index is 848. The quantitative estimate of drug-likeness (QED) is 0.0623. The normalized spacial score (nSPS) is 33.8. The summed E-state index contributed by atoms with van der Waals surface area (Å²) < 4.78 is 21.4. The van der Waals surface area contributed by atoms with Crippen LogP contribution in [-0.2, 0) is 23.7 Å². The fourth-order valence-corrected chi connectivity index (χ4v) is 4.75. The highest BCUT2D eigenvalue weighted by Crippen LogP contribution is 2.36. The number of rotatable bonds is 19. The molecule has 2 rings (SSSR count). The van der Waals surface area contributed by atoms with Crippen LogP contribution in [0, 0.1) is 0 Å². The average Bonchev–Trinajstić information content (AvgIpc) is 3.23. The van der Waals surface area contributed by atoms with Gasteiger partial charge in [-0.05, 0) is 38.5 Å². The van der Waals surface area contributed by atoms with Gasteiger partial charge in [0.1, 0.15) is 55.9 Å². The van der Waals surface area contributed by atoms with Crippen molar-refractivity contribution in [2.45, 2.75) is 126 Å². The van der Waals surface area contributed by atoms with Crippen LogP contribution in [0.15, 0.2) is 36.5 Å². The van der Waals surface area contributed by atoms with Gasteiger partial charge in [-0.3, -0.25) is 4.79 Å². The van der Waals surface area contributed by atoms with Crippen LogP contribution in [0.2, 0.25) is 0 Å². The second kappa shape index (κ2) is 19.5. The highest BCUT2D eigenvalue weighted by atomic mass is 16.8. The molecule has 0 aromatic rings. The average molecular weight is 603 g/mol. The molecule has 0 saturated carbocycles. The van der Waals surface area contributed by atoms with E-state index in [1.54, 1.807) is 0 Å². The van der Waals surface area contributed by atoms with Gasteiger partial charge < -0.3 is 54.7 Å². The van der Waals surface area contributed by atoms with Gasteiger partial charge >= 0.3 is 5.97 Å². The Kier molecular flexibility index (Phi) is 17.0. The number of esters is 1. The molecule has 2 aliphatic heterocycles. The fourth-order valence-electron chi connectivity index (χ4n) is 4.75. The molecule has 0 aromatic heterocycles. The molecule has 242 valence electrons. The van der Waals surface area contributed by atoms with Gasteiger partial charge in [0, 0.05) is 6.42 Å². The molecular formula is C30H50O12. The van der Waals surface area contributed by atoms with E-state index in [1.165, 1.54) is 0 Å². The molecule has 9 atom stereocenters. The van der Waals surface area contributed by atoms with Crippen molar-refractivity contribution >= 4 is 5.97 Å². The summed E-state index contributed by atoms with van der Waals surface area (Å²) in [6.45, 7) is -0.00576. The predicted octanol–water partition coefficient (Wildman–Crippen LogP) is 0.745. The SMILES string of the molecule is CC/C=C\C/C=C\C/C=C\CCCCCCCC(=O)OC[C@H]1O[C@H](O[C@]2(CO)O[C@H](CO)[C@@H](O)[C@@H]2O)[C@H](O)[C@@H](O)[C@@H]1O. The van der Waals surface area contributed by atoms with Crippen LogP contribution in [0.25, 0.3) is 0 Å². The lowest BCUT2D eigenvalue weighted by Crippen LogP contribution is -2.62. The minimum atomic E-state index is -2.28. The highest BCUT2D eigenvalue weighted by molar-refractivity contribution is 5.69. The molecule has 0 aromatic carbocycles. The lowest BCUT2D eigenvalue weighted by molar-refractivity contribution is -0.383. The van der Waals surface area contributed by atoms with Gasteiger partial charge in [-0.15, -0.1) is 0 Å². The zero-order chi connectivity index (χ0) is 31.0. The molecule has 0 aliphatic carbocycles. The van der Waals surface area contributed by atoms with Crippen LogP contribution < -0.4 is 0 Å². The van der Waals surface area contributed by atoms with Crippen LogP contribution >= 0.6 is 0 Å². The van der Waals surface area contributed by atoms with Crippen LogP contribution in [0.1, 0.15) is 71.1 Å². The van der Waals surface area contributed by atoms with Gasteiger partial charge in [0.05, 0.1) is 6.61 Å². The first-order valence-electron chi connectivity index (χ1n) is 14.9. The zero-order valence-electron chi connectivity index (χ0n) is 24.4. The molecule has 0 spiro atoms. The van der Waals surface area contributed by atoms with Gasteiger partial charge in [-0.25, -0.2) is 0 Å². The number of hydrogen-bond donors (Lipinski definition) is 7. The number of ether oxygens (including phenoxy) is 4. The zero-order valence-corrected chi connectivity index (χ0v) is 24.4. The third-order valence-electron chi connectivity index (χ3n) is 7.33. The molecule has 2 saturated heterocycles. The number of hydrogen-bond acceptors (Lipinski definition) is 12. The summed E-state index contributed by atoms with van der Waals surface area (Å²) in [5.74, 6) is -2.79. The second-order valence-electron chi connectivity index (χ2n) is 10.7. The van der Waals surface area contributed by atoms with E-state index in [-0.39, 0.29) is 6.42 Å². The molecule has 0 radical (unpaired) electrons. The van der Waals surface area contributed by atoms with Gasteiger partial charge in [0.15, 0.2) is 6.29 Å². The third-order valence-corrected chi connectivity index (χ3v) is 7.33. The molecule has 2 fully saturated rings. The molecule has 7 N–H and O–H groups in total. The molecule has 2 aliphatic rings. The monoisotopic (exact) mass is 602 g/mol. The summed E-state index contributed by atoms with van der Waals surface area (Å²) in [5, 5.41) is 70.4. The molecule has 2 heterocycles. The van der Waals surface area contributed by atoms with Crippen molar-refractivity contribution in [3.63, 3.8) is 0 Å². The van der Waals surface area contributed by atoms with Gasteiger partial charge in [-0.2, -0.15) is 0 Å². The van der Waals surface area contributed by atoms with E-state index in [9.17, 15) is 40.5 Å². The first-order valence-corrected chi connectivity index (χ1v) is 14.9.